The topological polar surface area (TPSA) is 0 Å². The molecule has 1 rings (SSSR count). The van der Waals surface area contributed by atoms with Crippen LogP contribution in [0.3, 0.4) is 0 Å². The van der Waals surface area contributed by atoms with E-state index in [1.165, 1.54) is 103 Å². The summed E-state index contributed by atoms with van der Waals surface area (Å²) < 4.78 is 0. The SMILES string of the molecule is BC(C)(CCCC(C)C)C(C)(CCCCC)C1CCCCCCCCC1. The number of rotatable bonds is 10. The first-order chi connectivity index (χ1) is 12.3. The summed E-state index contributed by atoms with van der Waals surface area (Å²) in [5.41, 5.74) is 0.526. The van der Waals surface area contributed by atoms with Gasteiger partial charge in [-0.05, 0) is 36.5 Å². The minimum absolute atomic E-state index is 0.477. The average molecular weight is 362 g/mol. The fourth-order valence-corrected chi connectivity index (χ4v) is 5.52. The Bertz CT molecular complexity index is 336. The Labute approximate surface area is 168 Å². The summed E-state index contributed by atoms with van der Waals surface area (Å²) in [5, 5.41) is 0.477. The molecule has 1 aliphatic carbocycles. The van der Waals surface area contributed by atoms with Crippen molar-refractivity contribution in [1.82, 2.24) is 0 Å². The molecule has 0 aromatic heterocycles. The van der Waals surface area contributed by atoms with E-state index < -0.39 is 0 Å². The van der Waals surface area contributed by atoms with Crippen molar-refractivity contribution in [2.24, 2.45) is 17.3 Å². The molecule has 1 aliphatic rings. The van der Waals surface area contributed by atoms with Crippen molar-refractivity contribution in [2.45, 2.75) is 143 Å². The molecule has 0 radical (unpaired) electrons. The molecule has 2 atom stereocenters. The Morgan fingerprint density at radius 1 is 0.808 bits per heavy atom. The van der Waals surface area contributed by atoms with E-state index in [0.29, 0.717) is 10.7 Å². The smallest absolute Gasteiger partial charge is 0.0664 e. The molecular weight excluding hydrogens is 311 g/mol. The van der Waals surface area contributed by atoms with Crippen LogP contribution in [0.5, 0.6) is 0 Å². The van der Waals surface area contributed by atoms with Gasteiger partial charge in [-0.1, -0.05) is 123 Å². The van der Waals surface area contributed by atoms with Gasteiger partial charge < -0.3 is 0 Å². The molecule has 0 nitrogen and oxygen atoms in total. The third-order valence-electron chi connectivity index (χ3n) is 7.94. The minimum atomic E-state index is 0.477. The van der Waals surface area contributed by atoms with Crippen molar-refractivity contribution < 1.29 is 0 Å². The second-order valence-electron chi connectivity index (χ2n) is 10.8. The molecule has 1 saturated carbocycles. The number of unbranched alkanes of at least 4 members (excludes halogenated alkanes) is 2. The van der Waals surface area contributed by atoms with E-state index >= 15 is 0 Å². The molecule has 0 N–H and O–H groups in total. The van der Waals surface area contributed by atoms with Crippen LogP contribution in [0.15, 0.2) is 0 Å². The molecule has 0 aliphatic heterocycles. The highest BCUT2D eigenvalue weighted by Gasteiger charge is 2.44. The molecule has 0 spiro atoms. The van der Waals surface area contributed by atoms with E-state index in [9.17, 15) is 0 Å². The van der Waals surface area contributed by atoms with Crippen molar-refractivity contribution in [1.29, 1.82) is 0 Å². The van der Waals surface area contributed by atoms with Crippen LogP contribution in [0.2, 0.25) is 5.31 Å². The Morgan fingerprint density at radius 2 is 1.35 bits per heavy atom. The Morgan fingerprint density at radius 3 is 1.85 bits per heavy atom. The standard InChI is InChI=1S/C25H51B/c1-6-7-15-20-24(4,25(5,26)21-16-17-22(2)3)23-18-13-11-9-8-10-12-14-19-23/h22-23H,6-21,26H2,1-5H3. The Hall–Kier alpha value is 0.0649. The lowest BCUT2D eigenvalue weighted by atomic mass is 9.46. The van der Waals surface area contributed by atoms with Crippen LogP contribution in [-0.2, 0) is 0 Å². The molecule has 26 heavy (non-hydrogen) atoms. The molecule has 0 aromatic rings. The summed E-state index contributed by atoms with van der Waals surface area (Å²) in [6, 6.07) is 0. The van der Waals surface area contributed by atoms with Gasteiger partial charge in [-0.25, -0.2) is 0 Å². The molecule has 0 heterocycles. The van der Waals surface area contributed by atoms with Crippen molar-refractivity contribution in [3.63, 3.8) is 0 Å². The first-order valence-corrected chi connectivity index (χ1v) is 12.3. The Balaban J connectivity index is 2.88. The van der Waals surface area contributed by atoms with Crippen molar-refractivity contribution in [3.05, 3.63) is 0 Å². The first-order valence-electron chi connectivity index (χ1n) is 12.3. The second-order valence-corrected chi connectivity index (χ2v) is 10.8. The monoisotopic (exact) mass is 362 g/mol. The lowest BCUT2D eigenvalue weighted by Gasteiger charge is -2.51. The van der Waals surface area contributed by atoms with Crippen LogP contribution < -0.4 is 0 Å². The van der Waals surface area contributed by atoms with E-state index in [-0.39, 0.29) is 0 Å². The van der Waals surface area contributed by atoms with Gasteiger partial charge in [0.1, 0.15) is 7.85 Å². The predicted molar refractivity (Wildman–Crippen MR) is 123 cm³/mol. The summed E-state index contributed by atoms with van der Waals surface area (Å²) in [6.07, 6.45) is 23.3. The maximum atomic E-state index is 2.70. The maximum Gasteiger partial charge on any atom is 0.109 e. The van der Waals surface area contributed by atoms with E-state index in [1.807, 2.05) is 0 Å². The van der Waals surface area contributed by atoms with Crippen LogP contribution in [0.1, 0.15) is 137 Å². The van der Waals surface area contributed by atoms with Crippen molar-refractivity contribution >= 4 is 7.85 Å². The lowest BCUT2D eigenvalue weighted by molar-refractivity contribution is 0.0725. The molecule has 0 aromatic carbocycles. The van der Waals surface area contributed by atoms with Gasteiger partial charge in [0.05, 0.1) is 0 Å². The van der Waals surface area contributed by atoms with Gasteiger partial charge >= 0.3 is 0 Å². The van der Waals surface area contributed by atoms with Gasteiger partial charge in [-0.3, -0.25) is 0 Å². The largest absolute Gasteiger partial charge is 0.109 e. The summed E-state index contributed by atoms with van der Waals surface area (Å²) in [7, 11) is 2.62. The van der Waals surface area contributed by atoms with Gasteiger partial charge in [0.25, 0.3) is 0 Å². The van der Waals surface area contributed by atoms with Crippen LogP contribution in [0, 0.1) is 17.3 Å². The zero-order chi connectivity index (χ0) is 19.5. The molecule has 0 saturated heterocycles. The van der Waals surface area contributed by atoms with Gasteiger partial charge in [-0.2, -0.15) is 0 Å². The van der Waals surface area contributed by atoms with Gasteiger partial charge in [0.15, 0.2) is 0 Å². The summed E-state index contributed by atoms with van der Waals surface area (Å²) >= 11 is 0. The number of hydrogen-bond acceptors (Lipinski definition) is 0. The molecular formula is C25H51B. The second kappa shape index (κ2) is 12.5. The summed E-state index contributed by atoms with van der Waals surface area (Å²) in [5.74, 6) is 1.80. The highest BCUT2D eigenvalue weighted by molar-refractivity contribution is 6.15. The van der Waals surface area contributed by atoms with Crippen LogP contribution in [0.25, 0.3) is 0 Å². The lowest BCUT2D eigenvalue weighted by Crippen LogP contribution is -2.39. The zero-order valence-electron chi connectivity index (χ0n) is 19.5. The van der Waals surface area contributed by atoms with E-state index in [0.717, 1.165) is 11.8 Å². The van der Waals surface area contributed by atoms with Gasteiger partial charge in [-0.15, -0.1) is 0 Å². The van der Waals surface area contributed by atoms with Crippen LogP contribution >= 0.6 is 0 Å². The average Bonchev–Trinajstić information content (AvgIpc) is 2.59. The molecule has 154 valence electrons. The molecule has 0 bridgehead atoms. The van der Waals surface area contributed by atoms with Crippen LogP contribution in [-0.4, -0.2) is 7.85 Å². The highest BCUT2D eigenvalue weighted by atomic mass is 14.5. The van der Waals surface area contributed by atoms with E-state index in [2.05, 4.69) is 42.5 Å². The molecule has 2 unspecified atom stereocenters. The fraction of sp³-hybridized carbons (Fsp3) is 1.00. The van der Waals surface area contributed by atoms with E-state index in [4.69, 9.17) is 0 Å². The molecule has 0 amide bonds. The normalized spacial score (nSPS) is 22.7. The summed E-state index contributed by atoms with van der Waals surface area (Å²) in [4.78, 5) is 0. The molecule has 1 heteroatoms. The highest BCUT2D eigenvalue weighted by Crippen LogP contribution is 2.57. The van der Waals surface area contributed by atoms with Gasteiger partial charge in [0.2, 0.25) is 0 Å². The summed E-state index contributed by atoms with van der Waals surface area (Å²) in [6.45, 7) is 12.4. The number of hydrogen-bond donors (Lipinski definition) is 0. The predicted octanol–water partition coefficient (Wildman–Crippen LogP) is 8.35. The van der Waals surface area contributed by atoms with Gasteiger partial charge in [0, 0.05) is 0 Å². The van der Waals surface area contributed by atoms with Crippen LogP contribution in [0.4, 0.5) is 0 Å². The maximum absolute atomic E-state index is 2.70. The zero-order valence-corrected chi connectivity index (χ0v) is 19.5. The van der Waals surface area contributed by atoms with E-state index in [1.54, 1.807) is 0 Å². The fourth-order valence-electron chi connectivity index (χ4n) is 5.52. The van der Waals surface area contributed by atoms with Crippen molar-refractivity contribution in [3.8, 4) is 0 Å². The molecule has 1 fully saturated rings. The Kier molecular flexibility index (Phi) is 11.6. The third-order valence-corrected chi connectivity index (χ3v) is 7.94. The quantitative estimate of drug-likeness (QED) is 0.270. The third kappa shape index (κ3) is 7.98. The first kappa shape index (κ1) is 24.1. The minimum Gasteiger partial charge on any atom is -0.0664 e. The van der Waals surface area contributed by atoms with Crippen molar-refractivity contribution in [2.75, 3.05) is 0 Å².